The van der Waals surface area contributed by atoms with Crippen LogP contribution in [-0.2, 0) is 0 Å². The highest BCUT2D eigenvalue weighted by Crippen LogP contribution is 2.05. The Bertz CT molecular complexity index is 191. The van der Waals surface area contributed by atoms with E-state index in [0.717, 1.165) is 32.4 Å². The molecule has 0 radical (unpaired) electrons. The fraction of sp³-hybridized carbons (Fsp3) is 0.750. The van der Waals surface area contributed by atoms with E-state index in [4.69, 9.17) is 0 Å². The van der Waals surface area contributed by atoms with Gasteiger partial charge in [-0.15, -0.1) is 0 Å². The standard InChI is InChI=1S/C6H12N3O2P.C2H6/c10-9(11)6-3-7-1-4-8(12)5-2-7;1-2/h3,6H,1-2,4-5,12H2;1-2H3/b6-3-;. The molecule has 6 heteroatoms. The molecule has 0 saturated carbocycles. The monoisotopic (exact) mass is 219 g/mol. The van der Waals surface area contributed by atoms with Crippen LogP contribution in [0.25, 0.3) is 0 Å². The fourth-order valence-corrected chi connectivity index (χ4v) is 1.27. The highest BCUT2D eigenvalue weighted by molar-refractivity contribution is 7.13. The summed E-state index contributed by atoms with van der Waals surface area (Å²) < 4.78 is 2.12. The summed E-state index contributed by atoms with van der Waals surface area (Å²) in [6.07, 6.45) is 2.52. The average Bonchev–Trinajstić information content (AvgIpc) is 2.20. The third kappa shape index (κ3) is 5.89. The number of nitrogens with zero attached hydrogens (tertiary/aromatic N) is 3. The SMILES string of the molecule is CC.O=[N+]([O-])/C=C\N1CCN(P)CC1. The third-order valence-corrected chi connectivity index (χ3v) is 2.26. The summed E-state index contributed by atoms with van der Waals surface area (Å²) in [6, 6.07) is 0. The molecule has 1 aliphatic rings. The fourth-order valence-electron chi connectivity index (χ4n) is 1.04. The van der Waals surface area contributed by atoms with Crippen LogP contribution in [0.5, 0.6) is 0 Å². The quantitative estimate of drug-likeness (QED) is 0.397. The molecule has 82 valence electrons. The zero-order chi connectivity index (χ0) is 11.0. The zero-order valence-corrected chi connectivity index (χ0v) is 9.87. The molecule has 1 atom stereocenters. The van der Waals surface area contributed by atoms with Crippen molar-refractivity contribution in [1.82, 2.24) is 9.57 Å². The Morgan fingerprint density at radius 3 is 2.21 bits per heavy atom. The second kappa shape index (κ2) is 7.71. The molecular formula is C8H18N3O2P. The molecule has 1 aliphatic heterocycles. The second-order valence-corrected chi connectivity index (χ2v) is 3.39. The van der Waals surface area contributed by atoms with Gasteiger partial charge in [-0.25, -0.2) is 0 Å². The number of hydrogen-bond acceptors (Lipinski definition) is 4. The van der Waals surface area contributed by atoms with Gasteiger partial charge in [0, 0.05) is 26.2 Å². The molecule has 0 aromatic heterocycles. The van der Waals surface area contributed by atoms with E-state index < -0.39 is 4.92 Å². The van der Waals surface area contributed by atoms with Gasteiger partial charge in [0.1, 0.15) is 0 Å². The number of rotatable bonds is 2. The van der Waals surface area contributed by atoms with Crippen LogP contribution >= 0.6 is 9.39 Å². The van der Waals surface area contributed by atoms with Crippen molar-refractivity contribution in [3.63, 3.8) is 0 Å². The summed E-state index contributed by atoms with van der Waals surface area (Å²) in [7, 11) is 2.63. The maximum atomic E-state index is 9.98. The van der Waals surface area contributed by atoms with Gasteiger partial charge in [-0.1, -0.05) is 23.2 Å². The second-order valence-electron chi connectivity index (χ2n) is 2.66. The van der Waals surface area contributed by atoms with Crippen LogP contribution in [-0.4, -0.2) is 40.7 Å². The van der Waals surface area contributed by atoms with Crippen LogP contribution < -0.4 is 0 Å². The van der Waals surface area contributed by atoms with Crippen LogP contribution in [0.1, 0.15) is 13.8 Å². The van der Waals surface area contributed by atoms with Crippen molar-refractivity contribution in [2.24, 2.45) is 0 Å². The Labute approximate surface area is 87.2 Å². The van der Waals surface area contributed by atoms with Crippen LogP contribution in [0.4, 0.5) is 0 Å². The minimum absolute atomic E-state index is 0.437. The Morgan fingerprint density at radius 1 is 1.29 bits per heavy atom. The minimum atomic E-state index is -0.437. The highest BCUT2D eigenvalue weighted by atomic mass is 31.0. The first-order valence-corrected chi connectivity index (χ1v) is 5.25. The molecular weight excluding hydrogens is 201 g/mol. The van der Waals surface area contributed by atoms with Gasteiger partial charge < -0.3 is 4.90 Å². The van der Waals surface area contributed by atoms with Crippen molar-refractivity contribution in [1.29, 1.82) is 0 Å². The van der Waals surface area contributed by atoms with E-state index in [0.29, 0.717) is 0 Å². The topological polar surface area (TPSA) is 49.6 Å². The molecule has 0 aliphatic carbocycles. The summed E-state index contributed by atoms with van der Waals surface area (Å²) in [4.78, 5) is 11.5. The van der Waals surface area contributed by atoms with Gasteiger partial charge in [0.05, 0.1) is 11.1 Å². The molecule has 1 fully saturated rings. The van der Waals surface area contributed by atoms with E-state index in [1.165, 1.54) is 6.20 Å². The summed E-state index contributed by atoms with van der Waals surface area (Å²) in [5, 5.41) is 9.98. The predicted octanol–water partition coefficient (Wildman–Crippen LogP) is 1.17. The first-order chi connectivity index (χ1) is 6.68. The molecule has 0 N–H and O–H groups in total. The van der Waals surface area contributed by atoms with Gasteiger partial charge in [-0.3, -0.25) is 14.8 Å². The van der Waals surface area contributed by atoms with Gasteiger partial charge in [0.2, 0.25) is 6.20 Å². The first kappa shape index (κ1) is 13.3. The van der Waals surface area contributed by atoms with Crippen molar-refractivity contribution in [3.05, 3.63) is 22.5 Å². The smallest absolute Gasteiger partial charge is 0.250 e. The van der Waals surface area contributed by atoms with Gasteiger partial charge in [-0.05, 0) is 0 Å². The van der Waals surface area contributed by atoms with E-state index in [1.54, 1.807) is 0 Å². The number of piperazine rings is 1. The molecule has 0 spiro atoms. The highest BCUT2D eigenvalue weighted by Gasteiger charge is 2.10. The summed E-state index contributed by atoms with van der Waals surface area (Å²) in [5.41, 5.74) is 0. The van der Waals surface area contributed by atoms with Gasteiger partial charge >= 0.3 is 0 Å². The zero-order valence-electron chi connectivity index (χ0n) is 8.72. The lowest BCUT2D eigenvalue weighted by atomic mass is 10.4. The number of nitro groups is 1. The van der Waals surface area contributed by atoms with E-state index >= 15 is 0 Å². The van der Waals surface area contributed by atoms with Crippen LogP contribution in [0.2, 0.25) is 0 Å². The average molecular weight is 219 g/mol. The molecule has 0 amide bonds. The van der Waals surface area contributed by atoms with Crippen LogP contribution in [0.3, 0.4) is 0 Å². The Morgan fingerprint density at radius 2 is 1.79 bits per heavy atom. The Hall–Kier alpha value is -0.670. The summed E-state index contributed by atoms with van der Waals surface area (Å²) >= 11 is 0. The maximum Gasteiger partial charge on any atom is 0.250 e. The van der Waals surface area contributed by atoms with Crippen molar-refractivity contribution in [3.8, 4) is 0 Å². The molecule has 1 saturated heterocycles. The summed E-state index contributed by atoms with van der Waals surface area (Å²) in [5.74, 6) is 0. The molecule has 5 nitrogen and oxygen atoms in total. The van der Waals surface area contributed by atoms with Crippen molar-refractivity contribution >= 4 is 9.39 Å². The lowest BCUT2D eigenvalue weighted by Gasteiger charge is -2.30. The van der Waals surface area contributed by atoms with Crippen molar-refractivity contribution in [2.75, 3.05) is 26.2 Å². The molecule has 1 rings (SSSR count). The molecule has 0 bridgehead atoms. The number of hydrogen-bond donors (Lipinski definition) is 0. The van der Waals surface area contributed by atoms with E-state index in [2.05, 4.69) is 14.1 Å². The van der Waals surface area contributed by atoms with Crippen molar-refractivity contribution in [2.45, 2.75) is 13.8 Å². The van der Waals surface area contributed by atoms with Gasteiger partial charge in [0.25, 0.3) is 0 Å². The predicted molar refractivity (Wildman–Crippen MR) is 60.3 cm³/mol. The molecule has 1 unspecified atom stereocenters. The van der Waals surface area contributed by atoms with Crippen molar-refractivity contribution < 1.29 is 4.92 Å². The van der Waals surface area contributed by atoms with E-state index in [1.807, 2.05) is 18.7 Å². The van der Waals surface area contributed by atoms with Crippen LogP contribution in [0.15, 0.2) is 12.4 Å². The minimum Gasteiger partial charge on any atom is -0.370 e. The van der Waals surface area contributed by atoms with E-state index in [9.17, 15) is 10.1 Å². The lowest BCUT2D eigenvalue weighted by Crippen LogP contribution is -2.39. The Kier molecular flexibility index (Phi) is 7.34. The molecule has 14 heavy (non-hydrogen) atoms. The summed E-state index contributed by atoms with van der Waals surface area (Å²) in [6.45, 7) is 7.58. The first-order valence-electron chi connectivity index (χ1n) is 4.74. The van der Waals surface area contributed by atoms with Gasteiger partial charge in [-0.2, -0.15) is 0 Å². The molecule has 0 aromatic rings. The van der Waals surface area contributed by atoms with Crippen LogP contribution in [0, 0.1) is 10.1 Å². The third-order valence-electron chi connectivity index (χ3n) is 1.75. The van der Waals surface area contributed by atoms with Gasteiger partial charge in [0.15, 0.2) is 0 Å². The molecule has 0 aromatic carbocycles. The largest absolute Gasteiger partial charge is 0.370 e. The van der Waals surface area contributed by atoms with E-state index in [-0.39, 0.29) is 0 Å². The normalized spacial score (nSPS) is 17.8. The maximum absolute atomic E-state index is 9.98. The Balaban J connectivity index is 0.000000791. The lowest BCUT2D eigenvalue weighted by molar-refractivity contribution is -0.403. The molecule has 1 heterocycles.